The fourth-order valence-corrected chi connectivity index (χ4v) is 1.95. The summed E-state index contributed by atoms with van der Waals surface area (Å²) in [6, 6.07) is 3.10. The lowest BCUT2D eigenvalue weighted by molar-refractivity contribution is 0.181. The molecule has 2 N–H and O–H groups in total. The van der Waals surface area contributed by atoms with Crippen molar-refractivity contribution < 1.29 is 13.5 Å². The first kappa shape index (κ1) is 14.1. The van der Waals surface area contributed by atoms with Gasteiger partial charge in [0.2, 0.25) is 0 Å². The maximum absolute atomic E-state index is 13.2. The van der Waals surface area contributed by atoms with Crippen LogP contribution in [0.2, 0.25) is 0 Å². The van der Waals surface area contributed by atoms with Crippen molar-refractivity contribution in [2.45, 2.75) is 6.61 Å². The Morgan fingerprint density at radius 2 is 1.84 bits per heavy atom. The van der Waals surface area contributed by atoms with Gasteiger partial charge in [-0.05, 0) is 34.7 Å². The van der Waals surface area contributed by atoms with Crippen LogP contribution >= 0.6 is 22.6 Å². The minimum Gasteiger partial charge on any atom is -0.383 e. The van der Waals surface area contributed by atoms with Crippen LogP contribution in [0.3, 0.4) is 0 Å². The quantitative estimate of drug-likeness (QED) is 0.836. The van der Waals surface area contributed by atoms with Gasteiger partial charge in [0.05, 0.1) is 15.9 Å². The van der Waals surface area contributed by atoms with Crippen molar-refractivity contribution in [2.24, 2.45) is 0 Å². The van der Waals surface area contributed by atoms with Crippen molar-refractivity contribution in [1.82, 2.24) is 9.97 Å². The Morgan fingerprint density at radius 1 is 1.21 bits per heavy atom. The van der Waals surface area contributed by atoms with Gasteiger partial charge in [0.15, 0.2) is 5.82 Å². The number of ether oxygens (including phenoxy) is 1. The number of rotatable bonds is 3. The van der Waals surface area contributed by atoms with Crippen LogP contribution < -0.4 is 5.73 Å². The van der Waals surface area contributed by atoms with Gasteiger partial charge in [-0.25, -0.2) is 18.7 Å². The Balaban J connectivity index is 2.55. The van der Waals surface area contributed by atoms with Gasteiger partial charge in [0.25, 0.3) is 0 Å². The van der Waals surface area contributed by atoms with Crippen molar-refractivity contribution in [1.29, 1.82) is 0 Å². The van der Waals surface area contributed by atoms with E-state index in [1.807, 2.05) is 22.6 Å². The van der Waals surface area contributed by atoms with Gasteiger partial charge < -0.3 is 10.5 Å². The van der Waals surface area contributed by atoms with E-state index in [4.69, 9.17) is 10.5 Å². The third-order valence-electron chi connectivity index (χ3n) is 2.35. The molecule has 0 fully saturated rings. The molecule has 0 radical (unpaired) electrons. The molecule has 4 nitrogen and oxygen atoms in total. The molecular formula is C12H10F2IN3O. The van der Waals surface area contributed by atoms with Crippen molar-refractivity contribution in [3.05, 3.63) is 39.1 Å². The molecule has 0 spiro atoms. The first-order chi connectivity index (χ1) is 9.01. The van der Waals surface area contributed by atoms with E-state index in [2.05, 4.69) is 9.97 Å². The molecule has 0 saturated carbocycles. The molecule has 2 aromatic rings. The van der Waals surface area contributed by atoms with Crippen LogP contribution in [0.5, 0.6) is 0 Å². The Kier molecular flexibility index (Phi) is 4.25. The van der Waals surface area contributed by atoms with Gasteiger partial charge in [-0.1, -0.05) is 0 Å². The molecule has 1 heterocycles. The standard InChI is InChI=1S/C12H10F2IN3O/c1-19-5-9-10(15)11(16)18-12(17-9)6-2-7(13)4-8(14)3-6/h2-4H,5H2,1H3,(H2,16,17,18). The molecule has 0 bridgehead atoms. The molecule has 0 amide bonds. The maximum Gasteiger partial charge on any atom is 0.162 e. The molecule has 1 aromatic carbocycles. The highest BCUT2D eigenvalue weighted by Crippen LogP contribution is 2.23. The lowest BCUT2D eigenvalue weighted by Crippen LogP contribution is -2.06. The Morgan fingerprint density at radius 3 is 2.42 bits per heavy atom. The van der Waals surface area contributed by atoms with Crippen LogP contribution in [0.1, 0.15) is 5.69 Å². The maximum atomic E-state index is 13.2. The van der Waals surface area contributed by atoms with E-state index in [9.17, 15) is 8.78 Å². The van der Waals surface area contributed by atoms with Crippen LogP contribution in [0.15, 0.2) is 18.2 Å². The summed E-state index contributed by atoms with van der Waals surface area (Å²) in [6.07, 6.45) is 0. The van der Waals surface area contributed by atoms with E-state index >= 15 is 0 Å². The highest BCUT2D eigenvalue weighted by molar-refractivity contribution is 14.1. The number of nitrogen functional groups attached to an aromatic ring is 1. The second kappa shape index (κ2) is 5.74. The lowest BCUT2D eigenvalue weighted by atomic mass is 10.2. The number of anilines is 1. The van der Waals surface area contributed by atoms with E-state index in [-0.39, 0.29) is 23.8 Å². The zero-order valence-corrected chi connectivity index (χ0v) is 12.1. The number of halogens is 3. The van der Waals surface area contributed by atoms with Gasteiger partial charge in [0, 0.05) is 18.7 Å². The third-order valence-corrected chi connectivity index (χ3v) is 3.52. The first-order valence-electron chi connectivity index (χ1n) is 5.28. The fraction of sp³-hybridized carbons (Fsp3) is 0.167. The number of hydrogen-bond donors (Lipinski definition) is 1. The van der Waals surface area contributed by atoms with Crippen molar-refractivity contribution in [2.75, 3.05) is 12.8 Å². The average molecular weight is 377 g/mol. The molecule has 0 aliphatic rings. The Labute approximate surface area is 122 Å². The second-order valence-corrected chi connectivity index (χ2v) is 4.86. The van der Waals surface area contributed by atoms with Gasteiger partial charge in [-0.2, -0.15) is 0 Å². The highest BCUT2D eigenvalue weighted by atomic mass is 127. The number of nitrogens with zero attached hydrogens (tertiary/aromatic N) is 2. The largest absolute Gasteiger partial charge is 0.383 e. The summed E-state index contributed by atoms with van der Waals surface area (Å²) in [5.41, 5.74) is 6.58. The molecular weight excluding hydrogens is 367 g/mol. The number of methoxy groups -OCH3 is 1. The zero-order chi connectivity index (χ0) is 14.0. The zero-order valence-electron chi connectivity index (χ0n) is 9.95. The summed E-state index contributed by atoms with van der Waals surface area (Å²) in [6.45, 7) is 0.246. The smallest absolute Gasteiger partial charge is 0.162 e. The normalized spacial score (nSPS) is 10.7. The number of nitrogens with two attached hydrogens (primary N) is 1. The summed E-state index contributed by atoms with van der Waals surface area (Å²) < 4.78 is 32.0. The Hall–Kier alpha value is -1.35. The molecule has 100 valence electrons. The van der Waals surface area contributed by atoms with Crippen molar-refractivity contribution in [3.63, 3.8) is 0 Å². The predicted molar refractivity (Wildman–Crippen MR) is 75.2 cm³/mol. The lowest BCUT2D eigenvalue weighted by Gasteiger charge is -2.08. The van der Waals surface area contributed by atoms with Gasteiger partial charge in [-0.15, -0.1) is 0 Å². The topological polar surface area (TPSA) is 61.0 Å². The molecule has 7 heteroatoms. The van der Waals surface area contributed by atoms with Crippen molar-refractivity contribution in [3.8, 4) is 11.4 Å². The highest BCUT2D eigenvalue weighted by Gasteiger charge is 2.12. The van der Waals surface area contributed by atoms with Crippen LogP contribution in [-0.4, -0.2) is 17.1 Å². The van der Waals surface area contributed by atoms with Crippen LogP contribution in [0, 0.1) is 15.2 Å². The summed E-state index contributed by atoms with van der Waals surface area (Å²) in [7, 11) is 1.52. The SMILES string of the molecule is COCc1nc(-c2cc(F)cc(F)c2)nc(N)c1I. The molecule has 19 heavy (non-hydrogen) atoms. The molecule has 2 rings (SSSR count). The number of hydrogen-bond acceptors (Lipinski definition) is 4. The number of aromatic nitrogens is 2. The first-order valence-corrected chi connectivity index (χ1v) is 6.36. The molecule has 0 aliphatic carbocycles. The summed E-state index contributed by atoms with van der Waals surface area (Å²) in [5, 5.41) is 0. The molecule has 0 atom stereocenters. The van der Waals surface area contributed by atoms with E-state index in [1.54, 1.807) is 0 Å². The fourth-order valence-electron chi connectivity index (χ4n) is 1.56. The van der Waals surface area contributed by atoms with Crippen molar-refractivity contribution >= 4 is 28.4 Å². The van der Waals surface area contributed by atoms with E-state index in [0.717, 1.165) is 18.2 Å². The third kappa shape index (κ3) is 3.16. The minimum absolute atomic E-state index is 0.170. The Bertz CT molecular complexity index is 602. The second-order valence-electron chi connectivity index (χ2n) is 3.78. The van der Waals surface area contributed by atoms with Gasteiger partial charge >= 0.3 is 0 Å². The van der Waals surface area contributed by atoms with Gasteiger partial charge in [-0.3, -0.25) is 0 Å². The molecule has 0 unspecified atom stereocenters. The molecule has 0 aliphatic heterocycles. The summed E-state index contributed by atoms with van der Waals surface area (Å²) in [4.78, 5) is 8.26. The van der Waals surface area contributed by atoms with Gasteiger partial charge in [0.1, 0.15) is 17.5 Å². The van der Waals surface area contributed by atoms with Crippen LogP contribution in [0.25, 0.3) is 11.4 Å². The van der Waals surface area contributed by atoms with E-state index < -0.39 is 11.6 Å². The van der Waals surface area contributed by atoms with Crippen LogP contribution in [0.4, 0.5) is 14.6 Å². The summed E-state index contributed by atoms with van der Waals surface area (Å²) in [5.74, 6) is -0.960. The predicted octanol–water partition coefficient (Wildman–Crippen LogP) is 2.75. The summed E-state index contributed by atoms with van der Waals surface area (Å²) >= 11 is 2.00. The number of benzene rings is 1. The molecule has 0 saturated heterocycles. The minimum atomic E-state index is -0.691. The average Bonchev–Trinajstić information content (AvgIpc) is 2.33. The van der Waals surface area contributed by atoms with Crippen LogP contribution in [-0.2, 0) is 11.3 Å². The van der Waals surface area contributed by atoms with E-state index in [0.29, 0.717) is 9.26 Å². The molecule has 1 aromatic heterocycles. The van der Waals surface area contributed by atoms with E-state index in [1.165, 1.54) is 7.11 Å². The monoisotopic (exact) mass is 377 g/mol.